The van der Waals surface area contributed by atoms with Crippen LogP contribution in [0.25, 0.3) is 0 Å². The van der Waals surface area contributed by atoms with Gasteiger partial charge in [-0.15, -0.1) is 0 Å². The lowest BCUT2D eigenvalue weighted by molar-refractivity contribution is -0.132. The average molecular weight is 502 g/mol. The molecule has 1 aromatic carbocycles. The van der Waals surface area contributed by atoms with Crippen molar-refractivity contribution in [3.63, 3.8) is 0 Å². The van der Waals surface area contributed by atoms with Crippen LogP contribution in [0.1, 0.15) is 44.4 Å². The molecule has 0 saturated heterocycles. The number of carbonyl (C=O) groups is 2. The Morgan fingerprint density at radius 1 is 1.08 bits per heavy atom. The van der Waals surface area contributed by atoms with Crippen molar-refractivity contribution in [1.82, 2.24) is 19.6 Å². The minimum Gasteiger partial charge on any atom is -0.375 e. The fourth-order valence-corrected chi connectivity index (χ4v) is 4.81. The fraction of sp³-hybridized carbons (Fsp3) is 0.593. The zero-order chi connectivity index (χ0) is 26.1. The molecule has 0 saturated carbocycles. The summed E-state index contributed by atoms with van der Waals surface area (Å²) >= 11 is 0. The Kier molecular flexibility index (Phi) is 10.4. The number of halogens is 1. The smallest absolute Gasteiger partial charge is 0.252 e. The Morgan fingerprint density at radius 3 is 2.50 bits per heavy atom. The van der Waals surface area contributed by atoms with E-state index in [0.717, 1.165) is 38.2 Å². The molecule has 0 atom stereocenters. The summed E-state index contributed by atoms with van der Waals surface area (Å²) in [5.41, 5.74) is 2.26. The SMILES string of the molecule is COCC(=O)N1CCCN(CC(C)C)CCCN(C(=O)CCc2ccnn2C)Cc2cc(F)ccc21. The van der Waals surface area contributed by atoms with E-state index < -0.39 is 0 Å². The van der Waals surface area contributed by atoms with Crippen molar-refractivity contribution in [2.45, 2.75) is 46.1 Å². The Morgan fingerprint density at radius 2 is 1.83 bits per heavy atom. The van der Waals surface area contributed by atoms with Crippen LogP contribution in [-0.2, 0) is 34.3 Å². The molecule has 3 rings (SSSR count). The zero-order valence-corrected chi connectivity index (χ0v) is 22.1. The van der Waals surface area contributed by atoms with Gasteiger partial charge in [-0.05, 0) is 68.1 Å². The quantitative estimate of drug-likeness (QED) is 0.583. The van der Waals surface area contributed by atoms with Crippen LogP contribution in [0.2, 0.25) is 0 Å². The highest BCUT2D eigenvalue weighted by atomic mass is 19.1. The van der Waals surface area contributed by atoms with Gasteiger partial charge >= 0.3 is 0 Å². The minimum absolute atomic E-state index is 0.00801. The second kappa shape index (κ2) is 13.5. The van der Waals surface area contributed by atoms with Gasteiger partial charge in [0.25, 0.3) is 5.91 Å². The van der Waals surface area contributed by atoms with Crippen molar-refractivity contribution >= 4 is 17.5 Å². The van der Waals surface area contributed by atoms with E-state index in [9.17, 15) is 14.0 Å². The van der Waals surface area contributed by atoms with Crippen LogP contribution in [0, 0.1) is 11.7 Å². The van der Waals surface area contributed by atoms with E-state index in [-0.39, 0.29) is 30.8 Å². The molecule has 36 heavy (non-hydrogen) atoms. The molecule has 1 aliphatic rings. The van der Waals surface area contributed by atoms with Crippen LogP contribution >= 0.6 is 0 Å². The van der Waals surface area contributed by atoms with Gasteiger partial charge in [-0.1, -0.05) is 13.8 Å². The van der Waals surface area contributed by atoms with Gasteiger partial charge in [-0.3, -0.25) is 14.3 Å². The largest absolute Gasteiger partial charge is 0.375 e. The van der Waals surface area contributed by atoms with Crippen LogP contribution in [0.5, 0.6) is 0 Å². The van der Waals surface area contributed by atoms with Crippen molar-refractivity contribution < 1.29 is 18.7 Å². The van der Waals surface area contributed by atoms with Crippen LogP contribution in [-0.4, -0.2) is 77.8 Å². The molecule has 0 fully saturated rings. The molecule has 2 aromatic rings. The maximum absolute atomic E-state index is 14.4. The van der Waals surface area contributed by atoms with Crippen molar-refractivity contribution in [3.8, 4) is 0 Å². The number of anilines is 1. The van der Waals surface area contributed by atoms with Gasteiger partial charge in [0.05, 0.1) is 0 Å². The molecule has 2 heterocycles. The zero-order valence-electron chi connectivity index (χ0n) is 22.1. The number of amides is 2. The summed E-state index contributed by atoms with van der Waals surface area (Å²) in [5, 5.41) is 4.18. The molecule has 0 aliphatic carbocycles. The van der Waals surface area contributed by atoms with E-state index in [4.69, 9.17) is 4.74 Å². The van der Waals surface area contributed by atoms with Crippen molar-refractivity contribution in [2.75, 3.05) is 51.3 Å². The Balaban J connectivity index is 1.89. The highest BCUT2D eigenvalue weighted by Crippen LogP contribution is 2.25. The normalized spacial score (nSPS) is 15.9. The number of hydrogen-bond acceptors (Lipinski definition) is 5. The first-order valence-electron chi connectivity index (χ1n) is 12.8. The van der Waals surface area contributed by atoms with Gasteiger partial charge in [-0.25, -0.2) is 4.39 Å². The van der Waals surface area contributed by atoms with Crippen molar-refractivity contribution in [2.24, 2.45) is 13.0 Å². The first kappa shape index (κ1) is 27.8. The second-order valence-electron chi connectivity index (χ2n) is 9.91. The predicted octanol–water partition coefficient (Wildman–Crippen LogP) is 3.25. The van der Waals surface area contributed by atoms with E-state index in [0.29, 0.717) is 43.1 Å². The van der Waals surface area contributed by atoms with Gasteiger partial charge < -0.3 is 19.4 Å². The summed E-state index contributed by atoms with van der Waals surface area (Å²) in [7, 11) is 3.36. The van der Waals surface area contributed by atoms with Gasteiger partial charge in [-0.2, -0.15) is 5.10 Å². The molecule has 0 unspecified atom stereocenters. The van der Waals surface area contributed by atoms with Crippen LogP contribution in [0.15, 0.2) is 30.5 Å². The average Bonchev–Trinajstić information content (AvgIpc) is 3.23. The fourth-order valence-electron chi connectivity index (χ4n) is 4.81. The number of fused-ring (bicyclic) bond motifs is 1. The standard InChI is InChI=1S/C27H40FN5O3/c1-21(2)18-31-13-5-15-32(26(34)10-8-24-11-12-29-30(24)3)19-22-17-23(28)7-9-25(22)33(16-6-14-31)27(35)20-36-4/h7,9,11-12,17,21H,5-6,8,10,13-16,18-20H2,1-4H3. The lowest BCUT2D eigenvalue weighted by atomic mass is 10.1. The number of ether oxygens (including phenoxy) is 1. The summed E-state index contributed by atoms with van der Waals surface area (Å²) in [5.74, 6) is -0.0320. The monoisotopic (exact) mass is 501 g/mol. The Labute approximate surface area is 214 Å². The van der Waals surface area contributed by atoms with E-state index in [2.05, 4.69) is 23.8 Å². The molecule has 0 spiro atoms. The maximum Gasteiger partial charge on any atom is 0.252 e. The molecular formula is C27H40FN5O3. The van der Waals surface area contributed by atoms with Crippen LogP contribution in [0.3, 0.4) is 0 Å². The van der Waals surface area contributed by atoms with Gasteiger partial charge in [0.1, 0.15) is 12.4 Å². The lowest BCUT2D eigenvalue weighted by Crippen LogP contribution is -2.40. The number of aryl methyl sites for hydroxylation is 2. The summed E-state index contributed by atoms with van der Waals surface area (Å²) in [6.07, 6.45) is 4.28. The van der Waals surface area contributed by atoms with Crippen molar-refractivity contribution in [1.29, 1.82) is 0 Å². The maximum atomic E-state index is 14.4. The van der Waals surface area contributed by atoms with E-state index in [1.165, 1.54) is 19.2 Å². The summed E-state index contributed by atoms with van der Waals surface area (Å²) in [4.78, 5) is 32.3. The number of nitrogens with zero attached hydrogens (tertiary/aromatic N) is 5. The van der Waals surface area contributed by atoms with E-state index >= 15 is 0 Å². The molecule has 9 heteroatoms. The summed E-state index contributed by atoms with van der Waals surface area (Å²) in [6.45, 7) is 8.34. The molecule has 0 N–H and O–H groups in total. The molecule has 0 bridgehead atoms. The molecule has 2 amide bonds. The second-order valence-corrected chi connectivity index (χ2v) is 9.91. The predicted molar refractivity (Wildman–Crippen MR) is 138 cm³/mol. The number of rotatable bonds is 7. The minimum atomic E-state index is -0.384. The molecular weight excluding hydrogens is 461 g/mol. The summed E-state index contributed by atoms with van der Waals surface area (Å²) in [6, 6.07) is 6.38. The lowest BCUT2D eigenvalue weighted by Gasteiger charge is -2.32. The third-order valence-corrected chi connectivity index (χ3v) is 6.51. The first-order chi connectivity index (χ1) is 17.3. The molecule has 1 aromatic heterocycles. The highest BCUT2D eigenvalue weighted by Gasteiger charge is 2.24. The van der Waals surface area contributed by atoms with Crippen LogP contribution < -0.4 is 4.90 Å². The third-order valence-electron chi connectivity index (χ3n) is 6.51. The first-order valence-corrected chi connectivity index (χ1v) is 12.8. The number of carbonyl (C=O) groups excluding carboxylic acids is 2. The highest BCUT2D eigenvalue weighted by molar-refractivity contribution is 5.95. The van der Waals surface area contributed by atoms with E-state index in [1.807, 2.05) is 18.0 Å². The van der Waals surface area contributed by atoms with Gasteiger partial charge in [0.2, 0.25) is 5.91 Å². The number of aromatic nitrogens is 2. The van der Waals surface area contributed by atoms with Crippen LogP contribution in [0.4, 0.5) is 10.1 Å². The number of methoxy groups -OCH3 is 1. The number of benzene rings is 1. The Hall–Kier alpha value is -2.78. The molecule has 1 aliphatic heterocycles. The molecule has 0 radical (unpaired) electrons. The van der Waals surface area contributed by atoms with E-state index in [1.54, 1.807) is 21.8 Å². The van der Waals surface area contributed by atoms with Gasteiger partial charge in [0.15, 0.2) is 0 Å². The van der Waals surface area contributed by atoms with Crippen molar-refractivity contribution in [3.05, 3.63) is 47.5 Å². The molecule has 198 valence electrons. The molecule has 8 nitrogen and oxygen atoms in total. The number of hydrogen-bond donors (Lipinski definition) is 0. The van der Waals surface area contributed by atoms with Gasteiger partial charge in [0, 0.05) is 64.3 Å². The Bertz CT molecular complexity index is 1010. The summed E-state index contributed by atoms with van der Waals surface area (Å²) < 4.78 is 21.3. The third kappa shape index (κ3) is 7.86. The topological polar surface area (TPSA) is 70.9 Å².